The number of fused-ring (bicyclic) bond motifs is 2. The molecule has 0 aliphatic heterocycles. The summed E-state index contributed by atoms with van der Waals surface area (Å²) < 4.78 is 5.37. The van der Waals surface area contributed by atoms with Crippen LogP contribution >= 0.6 is 0 Å². The first-order chi connectivity index (χ1) is 13.8. The lowest BCUT2D eigenvalue weighted by atomic mass is 9.63. The highest BCUT2D eigenvalue weighted by molar-refractivity contribution is 5.84. The van der Waals surface area contributed by atoms with Crippen LogP contribution in [0.1, 0.15) is 89.0 Å². The first-order valence-corrected chi connectivity index (χ1v) is 11.8. The summed E-state index contributed by atoms with van der Waals surface area (Å²) >= 11 is 0. The monoisotopic (exact) mass is 378 g/mol. The summed E-state index contributed by atoms with van der Waals surface area (Å²) in [5.41, 5.74) is 1.57. The van der Waals surface area contributed by atoms with Crippen LogP contribution < -0.4 is 4.74 Å². The van der Waals surface area contributed by atoms with Gasteiger partial charge >= 0.3 is 0 Å². The molecule has 0 spiro atoms. The molecule has 4 unspecified atom stereocenters. The van der Waals surface area contributed by atoms with Crippen molar-refractivity contribution in [2.75, 3.05) is 7.11 Å². The van der Waals surface area contributed by atoms with Gasteiger partial charge in [-0.05, 0) is 84.2 Å². The maximum atomic E-state index is 5.37. The Morgan fingerprint density at radius 2 is 1.61 bits per heavy atom. The van der Waals surface area contributed by atoms with E-state index in [0.717, 1.165) is 29.4 Å². The summed E-state index contributed by atoms with van der Waals surface area (Å²) in [6, 6.07) is 13.6. The number of methoxy groups -OCH3 is 1. The topological polar surface area (TPSA) is 9.23 Å². The number of rotatable bonds is 7. The fraction of sp³-hybridized carbons (Fsp3) is 0.630. The maximum Gasteiger partial charge on any atom is 0.119 e. The van der Waals surface area contributed by atoms with Crippen molar-refractivity contribution in [3.63, 3.8) is 0 Å². The third kappa shape index (κ3) is 4.56. The molecule has 0 amide bonds. The molecule has 1 heteroatoms. The molecule has 2 aromatic carbocycles. The van der Waals surface area contributed by atoms with Crippen LogP contribution in [0.4, 0.5) is 0 Å². The standard InChI is InChI=1S/C27H38O/c1-3-4-5-6-7-20-8-9-22-17-23(11-10-21(22)16-20)24-12-13-26-19-27(28-2)15-14-25(26)18-24/h12-15,18-23H,3-11,16-17H2,1-2H3. The summed E-state index contributed by atoms with van der Waals surface area (Å²) in [5.74, 6) is 4.76. The molecule has 28 heavy (non-hydrogen) atoms. The first-order valence-electron chi connectivity index (χ1n) is 11.8. The van der Waals surface area contributed by atoms with E-state index in [1.165, 1.54) is 81.4 Å². The highest BCUT2D eigenvalue weighted by Gasteiger charge is 2.35. The normalized spacial score (nSPS) is 27.5. The number of unbranched alkanes of at least 4 members (excludes halogenated alkanes) is 3. The Labute approximate surface area is 171 Å². The minimum Gasteiger partial charge on any atom is -0.497 e. The molecule has 0 bridgehead atoms. The van der Waals surface area contributed by atoms with Crippen LogP contribution in [-0.2, 0) is 0 Å². The van der Waals surface area contributed by atoms with E-state index in [1.54, 1.807) is 12.7 Å². The molecule has 2 aliphatic rings. The Morgan fingerprint density at radius 1 is 0.821 bits per heavy atom. The van der Waals surface area contributed by atoms with Gasteiger partial charge in [0.2, 0.25) is 0 Å². The van der Waals surface area contributed by atoms with Crippen molar-refractivity contribution in [1.29, 1.82) is 0 Å². The summed E-state index contributed by atoms with van der Waals surface area (Å²) in [6.07, 6.45) is 16.0. The Hall–Kier alpha value is -1.50. The van der Waals surface area contributed by atoms with Gasteiger partial charge in [0.25, 0.3) is 0 Å². The Kier molecular flexibility index (Phi) is 6.60. The fourth-order valence-electron chi connectivity index (χ4n) is 6.03. The van der Waals surface area contributed by atoms with Crippen molar-refractivity contribution in [2.45, 2.75) is 83.5 Å². The first kappa shape index (κ1) is 19.8. The van der Waals surface area contributed by atoms with E-state index in [0.29, 0.717) is 0 Å². The molecule has 0 saturated heterocycles. The number of benzene rings is 2. The predicted octanol–water partition coefficient (Wildman–Crippen LogP) is 8.12. The van der Waals surface area contributed by atoms with Crippen LogP contribution in [0.3, 0.4) is 0 Å². The molecular weight excluding hydrogens is 340 g/mol. The number of hydrogen-bond acceptors (Lipinski definition) is 1. The molecule has 152 valence electrons. The maximum absolute atomic E-state index is 5.37. The van der Waals surface area contributed by atoms with Crippen molar-refractivity contribution < 1.29 is 4.74 Å². The van der Waals surface area contributed by atoms with E-state index in [2.05, 4.69) is 43.3 Å². The van der Waals surface area contributed by atoms with E-state index >= 15 is 0 Å². The van der Waals surface area contributed by atoms with Crippen molar-refractivity contribution >= 4 is 10.8 Å². The van der Waals surface area contributed by atoms with Gasteiger partial charge in [-0.15, -0.1) is 0 Å². The van der Waals surface area contributed by atoms with Crippen molar-refractivity contribution in [3.05, 3.63) is 42.0 Å². The summed E-state index contributed by atoms with van der Waals surface area (Å²) in [5, 5.41) is 2.65. The largest absolute Gasteiger partial charge is 0.497 e. The highest BCUT2D eigenvalue weighted by atomic mass is 16.5. The van der Waals surface area contributed by atoms with Gasteiger partial charge in [-0.1, -0.05) is 69.7 Å². The van der Waals surface area contributed by atoms with Crippen LogP contribution in [0.2, 0.25) is 0 Å². The Balaban J connectivity index is 1.35. The second-order valence-corrected chi connectivity index (χ2v) is 9.53. The van der Waals surface area contributed by atoms with Gasteiger partial charge in [-0.25, -0.2) is 0 Å². The zero-order valence-corrected chi connectivity index (χ0v) is 18.0. The van der Waals surface area contributed by atoms with Gasteiger partial charge in [0.15, 0.2) is 0 Å². The SMILES string of the molecule is CCCCCCC1CCC2CC(c3ccc4cc(OC)ccc4c3)CCC2C1. The molecule has 2 aromatic rings. The van der Waals surface area contributed by atoms with Crippen molar-refractivity contribution in [2.24, 2.45) is 17.8 Å². The molecule has 0 aromatic heterocycles. The van der Waals surface area contributed by atoms with E-state index in [-0.39, 0.29) is 0 Å². The third-order valence-electron chi connectivity index (χ3n) is 7.73. The molecule has 4 atom stereocenters. The van der Waals surface area contributed by atoms with Crippen LogP contribution in [-0.4, -0.2) is 7.11 Å². The molecular formula is C27H38O. The van der Waals surface area contributed by atoms with Gasteiger partial charge in [0.05, 0.1) is 7.11 Å². The zero-order chi connectivity index (χ0) is 19.3. The van der Waals surface area contributed by atoms with Gasteiger partial charge in [-0.3, -0.25) is 0 Å². The molecule has 2 saturated carbocycles. The Bertz CT molecular complexity index is 764. The minimum atomic E-state index is 0.772. The van der Waals surface area contributed by atoms with Gasteiger partial charge in [0.1, 0.15) is 5.75 Å². The molecule has 0 radical (unpaired) electrons. The number of hydrogen-bond donors (Lipinski definition) is 0. The molecule has 1 nitrogen and oxygen atoms in total. The summed E-state index contributed by atoms with van der Waals surface area (Å²) in [4.78, 5) is 0. The molecule has 2 aliphatic carbocycles. The van der Waals surface area contributed by atoms with Crippen LogP contribution in [0.15, 0.2) is 36.4 Å². The summed E-state index contributed by atoms with van der Waals surface area (Å²) in [6.45, 7) is 2.32. The van der Waals surface area contributed by atoms with Gasteiger partial charge < -0.3 is 4.74 Å². The van der Waals surface area contributed by atoms with E-state index < -0.39 is 0 Å². The second kappa shape index (κ2) is 9.33. The lowest BCUT2D eigenvalue weighted by Gasteiger charge is -2.42. The Morgan fingerprint density at radius 3 is 2.46 bits per heavy atom. The average molecular weight is 379 g/mol. The van der Waals surface area contributed by atoms with Crippen LogP contribution in [0.5, 0.6) is 5.75 Å². The number of ether oxygens (including phenoxy) is 1. The van der Waals surface area contributed by atoms with Crippen molar-refractivity contribution in [3.8, 4) is 5.75 Å². The quantitative estimate of drug-likeness (QED) is 0.442. The van der Waals surface area contributed by atoms with Gasteiger partial charge in [-0.2, -0.15) is 0 Å². The second-order valence-electron chi connectivity index (χ2n) is 9.53. The van der Waals surface area contributed by atoms with Crippen molar-refractivity contribution in [1.82, 2.24) is 0 Å². The minimum absolute atomic E-state index is 0.772. The third-order valence-corrected chi connectivity index (χ3v) is 7.73. The van der Waals surface area contributed by atoms with Crippen LogP contribution in [0, 0.1) is 17.8 Å². The molecule has 0 N–H and O–H groups in total. The van der Waals surface area contributed by atoms with E-state index in [1.807, 2.05) is 0 Å². The van der Waals surface area contributed by atoms with E-state index in [9.17, 15) is 0 Å². The fourth-order valence-corrected chi connectivity index (χ4v) is 6.03. The predicted molar refractivity (Wildman–Crippen MR) is 120 cm³/mol. The molecule has 4 rings (SSSR count). The molecule has 2 fully saturated rings. The zero-order valence-electron chi connectivity index (χ0n) is 18.0. The summed E-state index contributed by atoms with van der Waals surface area (Å²) in [7, 11) is 1.74. The lowest BCUT2D eigenvalue weighted by Crippen LogP contribution is -2.30. The lowest BCUT2D eigenvalue weighted by molar-refractivity contribution is 0.113. The average Bonchev–Trinajstić information content (AvgIpc) is 2.75. The highest BCUT2D eigenvalue weighted by Crippen LogP contribution is 2.48. The molecule has 0 heterocycles. The van der Waals surface area contributed by atoms with Gasteiger partial charge in [0, 0.05) is 0 Å². The van der Waals surface area contributed by atoms with E-state index in [4.69, 9.17) is 4.74 Å². The van der Waals surface area contributed by atoms with Crippen LogP contribution in [0.25, 0.3) is 10.8 Å². The smallest absolute Gasteiger partial charge is 0.119 e.